The molecule has 6 heteroatoms. The molecule has 1 aromatic rings. The molecule has 0 aromatic heterocycles. The average molecular weight is 335 g/mol. The molecule has 0 saturated carbocycles. The predicted octanol–water partition coefficient (Wildman–Crippen LogP) is 3.25. The molecule has 1 fully saturated rings. The lowest BCUT2D eigenvalue weighted by Crippen LogP contribution is -2.55. The molecule has 0 aliphatic carbocycles. The zero-order valence-electron chi connectivity index (χ0n) is 13.5. The van der Waals surface area contributed by atoms with Gasteiger partial charge < -0.3 is 14.8 Å². The maximum atomic E-state index is 12.0. The molecule has 1 aromatic carbocycles. The van der Waals surface area contributed by atoms with Crippen LogP contribution in [-0.4, -0.2) is 29.5 Å². The van der Waals surface area contributed by atoms with E-state index < -0.39 is 12.1 Å². The summed E-state index contributed by atoms with van der Waals surface area (Å²) in [5, 5.41) is 2.82. The molecular weight excluding hydrogens is 314 g/mol. The first-order valence-corrected chi connectivity index (χ1v) is 8.28. The Morgan fingerprint density at radius 3 is 2.57 bits per heavy atom. The highest BCUT2D eigenvalue weighted by atomic mass is 32.2. The molecule has 124 valence electrons. The number of benzene rings is 1. The van der Waals surface area contributed by atoms with E-state index in [0.717, 1.165) is 10.5 Å². The van der Waals surface area contributed by atoms with Gasteiger partial charge in [0, 0.05) is 15.7 Å². The largest absolute Gasteiger partial charge is 0.463 e. The smallest absolute Gasteiger partial charge is 0.408 e. The molecular formula is C17H21NO4S. The average Bonchev–Trinajstić information content (AvgIpc) is 2.51. The number of hydrogen-bond donors (Lipinski definition) is 1. The van der Waals surface area contributed by atoms with Crippen molar-refractivity contribution in [3.05, 3.63) is 46.9 Å². The normalized spacial score (nSPS) is 20.5. The van der Waals surface area contributed by atoms with Crippen LogP contribution < -0.4 is 5.32 Å². The van der Waals surface area contributed by atoms with Crippen LogP contribution in [0.25, 0.3) is 0 Å². The first-order chi connectivity index (χ1) is 10.9. The second-order valence-corrected chi connectivity index (χ2v) is 7.37. The molecule has 1 saturated heterocycles. The van der Waals surface area contributed by atoms with E-state index in [1.54, 1.807) is 6.92 Å². The SMILES string of the molecule is CCOC(=O)/C=C1\SC(C)(C)C1NC(=O)OCc1ccccc1. The fourth-order valence-electron chi connectivity index (χ4n) is 2.25. The maximum absolute atomic E-state index is 12.0. The van der Waals surface area contributed by atoms with E-state index in [2.05, 4.69) is 5.32 Å². The summed E-state index contributed by atoms with van der Waals surface area (Å²) in [5.74, 6) is -0.394. The highest BCUT2D eigenvalue weighted by Crippen LogP contribution is 2.49. The van der Waals surface area contributed by atoms with Crippen molar-refractivity contribution in [2.75, 3.05) is 6.61 Å². The first kappa shape index (κ1) is 17.4. The van der Waals surface area contributed by atoms with E-state index in [-0.39, 0.29) is 17.4 Å². The van der Waals surface area contributed by atoms with Crippen molar-refractivity contribution in [2.24, 2.45) is 0 Å². The lowest BCUT2D eigenvalue weighted by Gasteiger charge is -2.45. The van der Waals surface area contributed by atoms with Crippen LogP contribution in [0.2, 0.25) is 0 Å². The van der Waals surface area contributed by atoms with Gasteiger partial charge in [0.1, 0.15) is 6.61 Å². The summed E-state index contributed by atoms with van der Waals surface area (Å²) in [6.07, 6.45) is 0.934. The topological polar surface area (TPSA) is 64.6 Å². The molecule has 1 N–H and O–H groups in total. The van der Waals surface area contributed by atoms with E-state index in [9.17, 15) is 9.59 Å². The van der Waals surface area contributed by atoms with Crippen molar-refractivity contribution in [1.82, 2.24) is 5.32 Å². The summed E-state index contributed by atoms with van der Waals surface area (Å²) < 4.78 is 9.94. The van der Waals surface area contributed by atoms with Gasteiger partial charge in [-0.1, -0.05) is 30.3 Å². The number of alkyl carbamates (subject to hydrolysis) is 1. The van der Waals surface area contributed by atoms with E-state index in [1.165, 1.54) is 17.8 Å². The number of hydrogen-bond acceptors (Lipinski definition) is 5. The van der Waals surface area contributed by atoms with Crippen LogP contribution in [0.4, 0.5) is 4.79 Å². The Labute approximate surface area is 140 Å². The van der Waals surface area contributed by atoms with Gasteiger partial charge in [-0.15, -0.1) is 11.8 Å². The lowest BCUT2D eigenvalue weighted by molar-refractivity contribution is -0.137. The molecule has 1 atom stereocenters. The third kappa shape index (κ3) is 4.76. The van der Waals surface area contributed by atoms with Gasteiger partial charge >= 0.3 is 12.1 Å². The van der Waals surface area contributed by atoms with Crippen LogP contribution >= 0.6 is 11.8 Å². The van der Waals surface area contributed by atoms with Crippen LogP contribution in [0.3, 0.4) is 0 Å². The number of amides is 1. The highest BCUT2D eigenvalue weighted by molar-refractivity contribution is 8.06. The summed E-state index contributed by atoms with van der Waals surface area (Å²) in [6, 6.07) is 9.22. The van der Waals surface area contributed by atoms with Crippen molar-refractivity contribution in [1.29, 1.82) is 0 Å². The molecule has 0 spiro atoms. The second kappa shape index (κ2) is 7.55. The van der Waals surface area contributed by atoms with Gasteiger partial charge in [0.15, 0.2) is 0 Å². The van der Waals surface area contributed by atoms with Gasteiger partial charge in [-0.3, -0.25) is 0 Å². The molecule has 2 rings (SSSR count). The van der Waals surface area contributed by atoms with E-state index in [0.29, 0.717) is 6.61 Å². The fraction of sp³-hybridized carbons (Fsp3) is 0.412. The highest BCUT2D eigenvalue weighted by Gasteiger charge is 2.46. The van der Waals surface area contributed by atoms with Crippen LogP contribution in [0, 0.1) is 0 Å². The zero-order chi connectivity index (χ0) is 16.9. The Hall–Kier alpha value is -1.95. The van der Waals surface area contributed by atoms with Crippen LogP contribution in [-0.2, 0) is 20.9 Å². The van der Waals surface area contributed by atoms with Crippen molar-refractivity contribution >= 4 is 23.8 Å². The molecule has 23 heavy (non-hydrogen) atoms. The standard InChI is InChI=1S/C17H21NO4S/c1-4-21-14(19)10-13-15(17(2,3)23-13)18-16(20)22-11-12-8-6-5-7-9-12/h5-10,15H,4,11H2,1-3H3,(H,18,20)/b13-10-. The van der Waals surface area contributed by atoms with Gasteiger partial charge in [-0.05, 0) is 26.3 Å². The van der Waals surface area contributed by atoms with Crippen LogP contribution in [0.5, 0.6) is 0 Å². The number of thioether (sulfide) groups is 1. The van der Waals surface area contributed by atoms with Gasteiger partial charge in [0.2, 0.25) is 0 Å². The molecule has 1 aliphatic heterocycles. The van der Waals surface area contributed by atoms with Gasteiger partial charge in [-0.2, -0.15) is 0 Å². The third-order valence-corrected chi connectivity index (χ3v) is 4.73. The number of carbonyl (C=O) groups excluding carboxylic acids is 2. The van der Waals surface area contributed by atoms with Crippen LogP contribution in [0.15, 0.2) is 41.3 Å². The maximum Gasteiger partial charge on any atom is 0.408 e. The lowest BCUT2D eigenvalue weighted by atomic mass is 10.0. The molecule has 5 nitrogen and oxygen atoms in total. The number of rotatable bonds is 5. The van der Waals surface area contributed by atoms with E-state index >= 15 is 0 Å². The Kier molecular flexibility index (Phi) is 5.71. The summed E-state index contributed by atoms with van der Waals surface area (Å²) in [4.78, 5) is 24.3. The van der Waals surface area contributed by atoms with Crippen molar-refractivity contribution < 1.29 is 19.1 Å². The van der Waals surface area contributed by atoms with Gasteiger partial charge in [0.25, 0.3) is 0 Å². The number of esters is 1. The quantitative estimate of drug-likeness (QED) is 0.661. The summed E-state index contributed by atoms with van der Waals surface area (Å²) in [6.45, 7) is 6.30. The molecule has 0 bridgehead atoms. The monoisotopic (exact) mass is 335 g/mol. The van der Waals surface area contributed by atoms with Gasteiger partial charge in [0.05, 0.1) is 12.6 Å². The molecule has 1 amide bonds. The van der Waals surface area contributed by atoms with Crippen molar-refractivity contribution in [2.45, 2.75) is 38.2 Å². The molecule has 0 radical (unpaired) electrons. The number of ether oxygens (including phenoxy) is 2. The zero-order valence-corrected chi connectivity index (χ0v) is 14.3. The summed E-state index contributed by atoms with van der Waals surface area (Å²) in [5.41, 5.74) is 0.923. The van der Waals surface area contributed by atoms with E-state index in [1.807, 2.05) is 44.2 Å². The third-order valence-electron chi connectivity index (χ3n) is 3.38. The van der Waals surface area contributed by atoms with Gasteiger partial charge in [-0.25, -0.2) is 9.59 Å². The molecule has 1 heterocycles. The predicted molar refractivity (Wildman–Crippen MR) is 89.9 cm³/mol. The fourth-order valence-corrected chi connectivity index (χ4v) is 3.60. The first-order valence-electron chi connectivity index (χ1n) is 7.47. The number of carbonyl (C=O) groups is 2. The molecule has 1 aliphatic rings. The molecule has 1 unspecified atom stereocenters. The van der Waals surface area contributed by atoms with Crippen molar-refractivity contribution in [3.63, 3.8) is 0 Å². The Morgan fingerprint density at radius 1 is 1.26 bits per heavy atom. The Bertz CT molecular complexity index is 598. The minimum atomic E-state index is -0.498. The summed E-state index contributed by atoms with van der Waals surface area (Å²) >= 11 is 1.54. The Balaban J connectivity index is 1.90. The minimum Gasteiger partial charge on any atom is -0.463 e. The number of nitrogens with one attached hydrogen (secondary N) is 1. The van der Waals surface area contributed by atoms with Crippen molar-refractivity contribution in [3.8, 4) is 0 Å². The van der Waals surface area contributed by atoms with E-state index in [4.69, 9.17) is 9.47 Å². The second-order valence-electron chi connectivity index (χ2n) is 5.64. The minimum absolute atomic E-state index is 0.190. The Morgan fingerprint density at radius 2 is 1.96 bits per heavy atom. The summed E-state index contributed by atoms with van der Waals surface area (Å²) in [7, 11) is 0. The van der Waals surface area contributed by atoms with Crippen LogP contribution in [0.1, 0.15) is 26.3 Å².